The van der Waals surface area contributed by atoms with Crippen LogP contribution in [0.5, 0.6) is 0 Å². The van der Waals surface area contributed by atoms with Gasteiger partial charge in [-0.2, -0.15) is 0 Å². The number of methoxy groups -OCH3 is 1. The number of hydrogen-bond donors (Lipinski definition) is 2. The minimum Gasteiger partial charge on any atom is -0.481 e. The third-order valence-electron chi connectivity index (χ3n) is 4.68. The highest BCUT2D eigenvalue weighted by Crippen LogP contribution is 2.12. The summed E-state index contributed by atoms with van der Waals surface area (Å²) in [4.78, 5) is 21.6. The van der Waals surface area contributed by atoms with E-state index in [0.29, 0.717) is 0 Å². The summed E-state index contributed by atoms with van der Waals surface area (Å²) in [5.74, 6) is -2.00. The predicted molar refractivity (Wildman–Crippen MR) is 136 cm³/mol. The molecular weight excluding hydrogens is 416 g/mol. The monoisotopic (exact) mass is 456 g/mol. The third kappa shape index (κ3) is 18.4. The second-order valence-electron chi connectivity index (χ2n) is 8.22. The van der Waals surface area contributed by atoms with Gasteiger partial charge >= 0.3 is 11.9 Å². The molecule has 0 aromatic rings. The Morgan fingerprint density at radius 2 is 1.58 bits per heavy atom. The van der Waals surface area contributed by atoms with E-state index in [0.717, 1.165) is 31.8 Å². The summed E-state index contributed by atoms with van der Waals surface area (Å²) in [5.41, 5.74) is 2.75. The smallest absolute Gasteiger partial charge is 0.328 e. The lowest BCUT2D eigenvalue weighted by atomic mass is 10.0. The summed E-state index contributed by atoms with van der Waals surface area (Å²) in [7, 11) is 1.74. The molecule has 0 rings (SSSR count). The molecule has 5 heteroatoms. The van der Waals surface area contributed by atoms with Gasteiger partial charge in [-0.25, -0.2) is 4.79 Å². The Morgan fingerprint density at radius 3 is 2.18 bits per heavy atom. The van der Waals surface area contributed by atoms with E-state index in [1.165, 1.54) is 11.1 Å². The van der Waals surface area contributed by atoms with Crippen molar-refractivity contribution in [2.75, 3.05) is 7.11 Å². The summed E-state index contributed by atoms with van der Waals surface area (Å²) >= 11 is 0. The highest BCUT2D eigenvalue weighted by atomic mass is 16.5. The highest BCUT2D eigenvalue weighted by Gasteiger charge is 2.06. The van der Waals surface area contributed by atoms with Gasteiger partial charge in [0.05, 0.1) is 12.5 Å². The van der Waals surface area contributed by atoms with E-state index in [1.807, 2.05) is 13.0 Å². The Hall–Kier alpha value is -2.92. The molecule has 0 aliphatic rings. The highest BCUT2D eigenvalue weighted by molar-refractivity contribution is 5.83. The lowest BCUT2D eigenvalue weighted by Crippen LogP contribution is -2.10. The molecule has 0 fully saturated rings. The Labute approximate surface area is 199 Å². The van der Waals surface area contributed by atoms with Crippen LogP contribution in [0.3, 0.4) is 0 Å². The molecule has 0 aromatic heterocycles. The quantitative estimate of drug-likeness (QED) is 0.115. The standard InChI is InChI=1S/C28H40O5/c1-22(2)16-18-24(4)26(33-5)15-13-11-9-7-6-8-10-12-14-23(3)17-19-25(20-27(29)30)21-28(31)32/h7,9-13,16-20,23,26H,6,8,14-15,21H2,1-5H3,(H,29,30)(H,31,32)/b9-7+,12-10+,13-11-,19-17+,24-18-,25-20-/t23-,26+/m0/s1. The molecule has 0 aliphatic carbocycles. The van der Waals surface area contributed by atoms with Gasteiger partial charge in [-0.15, -0.1) is 0 Å². The predicted octanol–water partition coefficient (Wildman–Crippen LogP) is 6.82. The molecule has 2 N–H and O–H groups in total. The lowest BCUT2D eigenvalue weighted by Gasteiger charge is -2.13. The summed E-state index contributed by atoms with van der Waals surface area (Å²) in [6.07, 6.45) is 24.5. The zero-order valence-corrected chi connectivity index (χ0v) is 20.7. The van der Waals surface area contributed by atoms with Crippen molar-refractivity contribution in [2.45, 2.75) is 65.9 Å². The van der Waals surface area contributed by atoms with E-state index >= 15 is 0 Å². The van der Waals surface area contributed by atoms with Crippen LogP contribution in [0.25, 0.3) is 0 Å². The van der Waals surface area contributed by atoms with E-state index in [-0.39, 0.29) is 24.0 Å². The van der Waals surface area contributed by atoms with Crippen molar-refractivity contribution in [3.05, 3.63) is 83.6 Å². The van der Waals surface area contributed by atoms with Crippen molar-refractivity contribution in [3.8, 4) is 0 Å². The molecule has 0 radical (unpaired) electrons. The first-order chi connectivity index (χ1) is 15.6. The molecule has 0 amide bonds. The molecular formula is C28H40O5. The molecule has 0 aliphatic heterocycles. The lowest BCUT2D eigenvalue weighted by molar-refractivity contribution is -0.136. The number of ether oxygens (including phenoxy) is 1. The van der Waals surface area contributed by atoms with Gasteiger partial charge in [0, 0.05) is 13.2 Å². The maximum absolute atomic E-state index is 10.8. The molecule has 0 spiro atoms. The first-order valence-corrected chi connectivity index (χ1v) is 11.3. The van der Waals surface area contributed by atoms with Crippen LogP contribution in [0.4, 0.5) is 0 Å². The topological polar surface area (TPSA) is 83.8 Å². The average molecular weight is 457 g/mol. The fourth-order valence-corrected chi connectivity index (χ4v) is 2.81. The third-order valence-corrected chi connectivity index (χ3v) is 4.68. The average Bonchev–Trinajstić information content (AvgIpc) is 2.73. The molecule has 182 valence electrons. The normalized spacial score (nSPS) is 15.1. The number of carbonyl (C=O) groups is 2. The molecule has 0 saturated heterocycles. The fourth-order valence-electron chi connectivity index (χ4n) is 2.81. The molecule has 0 saturated carbocycles. The maximum atomic E-state index is 10.8. The molecule has 5 nitrogen and oxygen atoms in total. The van der Waals surface area contributed by atoms with E-state index in [2.05, 4.69) is 69.4 Å². The van der Waals surface area contributed by atoms with Crippen molar-refractivity contribution < 1.29 is 24.5 Å². The number of hydrogen-bond acceptors (Lipinski definition) is 3. The fraction of sp³-hybridized carbons (Fsp3) is 0.429. The number of rotatable bonds is 16. The molecule has 2 atom stereocenters. The van der Waals surface area contributed by atoms with Gasteiger partial charge in [0.1, 0.15) is 0 Å². The summed E-state index contributed by atoms with van der Waals surface area (Å²) in [6, 6.07) is 0. The number of unbranched alkanes of at least 4 members (excludes halogenated alkanes) is 1. The van der Waals surface area contributed by atoms with Crippen molar-refractivity contribution in [1.29, 1.82) is 0 Å². The zero-order chi connectivity index (χ0) is 25.1. The van der Waals surface area contributed by atoms with Crippen molar-refractivity contribution >= 4 is 11.9 Å². The Balaban J connectivity index is 4.32. The molecule has 0 unspecified atom stereocenters. The van der Waals surface area contributed by atoms with Gasteiger partial charge < -0.3 is 14.9 Å². The van der Waals surface area contributed by atoms with Crippen LogP contribution in [0.2, 0.25) is 0 Å². The van der Waals surface area contributed by atoms with Crippen LogP contribution in [-0.4, -0.2) is 35.4 Å². The van der Waals surface area contributed by atoms with E-state index in [4.69, 9.17) is 14.9 Å². The van der Waals surface area contributed by atoms with Crippen LogP contribution in [0.15, 0.2) is 83.6 Å². The molecule has 0 bridgehead atoms. The van der Waals surface area contributed by atoms with E-state index in [1.54, 1.807) is 13.2 Å². The van der Waals surface area contributed by atoms with Crippen LogP contribution < -0.4 is 0 Å². The van der Waals surface area contributed by atoms with Crippen LogP contribution >= 0.6 is 0 Å². The molecule has 33 heavy (non-hydrogen) atoms. The summed E-state index contributed by atoms with van der Waals surface area (Å²) in [6.45, 7) is 8.24. The Kier molecular flexibility index (Phi) is 17.0. The number of carboxylic acid groups (broad SMARTS) is 2. The van der Waals surface area contributed by atoms with Gasteiger partial charge in [0.2, 0.25) is 0 Å². The first kappa shape index (κ1) is 30.1. The minimum absolute atomic E-state index is 0.0871. The van der Waals surface area contributed by atoms with E-state index in [9.17, 15) is 9.59 Å². The van der Waals surface area contributed by atoms with Crippen LogP contribution in [0.1, 0.15) is 59.8 Å². The maximum Gasteiger partial charge on any atom is 0.328 e. The van der Waals surface area contributed by atoms with Crippen molar-refractivity contribution in [3.63, 3.8) is 0 Å². The first-order valence-electron chi connectivity index (χ1n) is 11.3. The Morgan fingerprint density at radius 1 is 0.909 bits per heavy atom. The van der Waals surface area contributed by atoms with Gasteiger partial charge in [-0.05, 0) is 63.5 Å². The second-order valence-corrected chi connectivity index (χ2v) is 8.22. The SMILES string of the molecule is CO[C@H](C/C=C\C=C\CC/C=C/C[C@H](C)/C=C/C(=C/C(=O)O)CC(=O)O)/C(C)=C\C=C(C)C. The summed E-state index contributed by atoms with van der Waals surface area (Å²) in [5, 5.41) is 17.7. The number of allylic oxidation sites excluding steroid dienone is 10. The zero-order valence-electron chi connectivity index (χ0n) is 20.7. The van der Waals surface area contributed by atoms with Gasteiger partial charge in [0.15, 0.2) is 0 Å². The number of carboxylic acids is 2. The minimum atomic E-state index is -1.14. The summed E-state index contributed by atoms with van der Waals surface area (Å²) < 4.78 is 5.56. The van der Waals surface area contributed by atoms with Gasteiger partial charge in [-0.1, -0.05) is 73.3 Å². The largest absolute Gasteiger partial charge is 0.481 e. The molecule has 0 aromatic carbocycles. The van der Waals surface area contributed by atoms with Crippen LogP contribution in [-0.2, 0) is 14.3 Å². The number of aliphatic carboxylic acids is 2. The van der Waals surface area contributed by atoms with Gasteiger partial charge in [-0.3, -0.25) is 4.79 Å². The second kappa shape index (κ2) is 18.6. The van der Waals surface area contributed by atoms with E-state index < -0.39 is 11.9 Å². The van der Waals surface area contributed by atoms with Crippen molar-refractivity contribution in [2.24, 2.45) is 5.92 Å². The van der Waals surface area contributed by atoms with Crippen molar-refractivity contribution in [1.82, 2.24) is 0 Å². The molecule has 0 heterocycles. The Bertz CT molecular complexity index is 802. The van der Waals surface area contributed by atoms with Gasteiger partial charge in [0.25, 0.3) is 0 Å². The van der Waals surface area contributed by atoms with Crippen LogP contribution in [0, 0.1) is 5.92 Å².